The van der Waals surface area contributed by atoms with Gasteiger partial charge in [0, 0.05) is 31.2 Å². The van der Waals surface area contributed by atoms with Crippen molar-refractivity contribution < 1.29 is 18.4 Å². The van der Waals surface area contributed by atoms with Gasteiger partial charge in [-0.05, 0) is 67.6 Å². The highest BCUT2D eigenvalue weighted by Gasteiger charge is 2.38. The largest absolute Gasteiger partial charge is 0.338 e. The number of hydrogen-bond donors (Lipinski definition) is 0. The molecule has 0 aromatic heterocycles. The van der Waals surface area contributed by atoms with E-state index in [1.54, 1.807) is 17.0 Å². The molecule has 0 N–H and O–H groups in total. The molecule has 0 radical (unpaired) electrons. The van der Waals surface area contributed by atoms with Gasteiger partial charge in [0.2, 0.25) is 5.91 Å². The van der Waals surface area contributed by atoms with Gasteiger partial charge >= 0.3 is 0 Å². The number of hydrogen-bond acceptors (Lipinski definition) is 2. The molecule has 29 heavy (non-hydrogen) atoms. The average Bonchev–Trinajstić information content (AvgIpc) is 3.58. The van der Waals surface area contributed by atoms with E-state index in [0.29, 0.717) is 25.2 Å². The van der Waals surface area contributed by atoms with Crippen LogP contribution in [0.4, 0.5) is 8.78 Å². The normalized spacial score (nSPS) is 19.1. The lowest BCUT2D eigenvalue weighted by molar-refractivity contribution is -0.138. The Balaban J connectivity index is 1.44. The molecule has 2 amide bonds. The Morgan fingerprint density at radius 2 is 1.55 bits per heavy atom. The molecule has 1 unspecified atom stereocenters. The summed E-state index contributed by atoms with van der Waals surface area (Å²) in [7, 11) is 0. The van der Waals surface area contributed by atoms with Crippen molar-refractivity contribution in [3.8, 4) is 0 Å². The summed E-state index contributed by atoms with van der Waals surface area (Å²) in [5.41, 5.74) is 1.34. The minimum atomic E-state index is -0.380. The number of nitrogens with zero attached hydrogens (tertiary/aromatic N) is 2. The second kappa shape index (κ2) is 8.31. The van der Waals surface area contributed by atoms with Gasteiger partial charge in [-0.1, -0.05) is 12.1 Å². The Morgan fingerprint density at radius 3 is 2.17 bits per heavy atom. The summed E-state index contributed by atoms with van der Waals surface area (Å²) in [6.45, 7) is 1.44. The number of rotatable bonds is 5. The van der Waals surface area contributed by atoms with E-state index >= 15 is 0 Å². The molecule has 2 aliphatic rings. The fourth-order valence-electron chi connectivity index (χ4n) is 3.93. The third-order valence-electron chi connectivity index (χ3n) is 5.69. The quantitative estimate of drug-likeness (QED) is 0.764. The van der Waals surface area contributed by atoms with Crippen LogP contribution in [0, 0.1) is 17.6 Å². The van der Waals surface area contributed by atoms with E-state index < -0.39 is 0 Å². The van der Waals surface area contributed by atoms with Gasteiger partial charge in [-0.2, -0.15) is 0 Å². The van der Waals surface area contributed by atoms with E-state index in [1.165, 1.54) is 36.4 Å². The molecule has 1 saturated heterocycles. The molecule has 4 rings (SSSR count). The SMILES string of the molecule is O=C(c1ccc(F)cc1)N1CCCC(C(=O)N(Cc2ccc(F)cc2)C2CC2)C1. The molecule has 0 bridgehead atoms. The van der Waals surface area contributed by atoms with Gasteiger partial charge in [0.15, 0.2) is 0 Å². The standard InChI is InChI=1S/C23H24F2N2O2/c24-19-7-3-16(4-8-19)14-27(21-11-12-21)23(29)18-2-1-13-26(15-18)22(28)17-5-9-20(25)10-6-17/h3-10,18,21H,1-2,11-15H2. The molecule has 2 aromatic rings. The molecule has 2 fully saturated rings. The Bertz CT molecular complexity index is 879. The van der Waals surface area contributed by atoms with Gasteiger partial charge in [0.25, 0.3) is 5.91 Å². The van der Waals surface area contributed by atoms with Crippen LogP contribution >= 0.6 is 0 Å². The van der Waals surface area contributed by atoms with Crippen LogP contribution < -0.4 is 0 Å². The fraction of sp³-hybridized carbons (Fsp3) is 0.391. The van der Waals surface area contributed by atoms with E-state index in [2.05, 4.69) is 0 Å². The van der Waals surface area contributed by atoms with Crippen molar-refractivity contribution in [3.05, 3.63) is 71.3 Å². The van der Waals surface area contributed by atoms with Gasteiger partial charge in [0.1, 0.15) is 11.6 Å². The number of benzene rings is 2. The lowest BCUT2D eigenvalue weighted by atomic mass is 9.95. The zero-order chi connectivity index (χ0) is 20.4. The van der Waals surface area contributed by atoms with E-state index in [0.717, 1.165) is 31.2 Å². The molecular weight excluding hydrogens is 374 g/mol. The average molecular weight is 398 g/mol. The predicted molar refractivity (Wildman–Crippen MR) is 105 cm³/mol. The van der Waals surface area contributed by atoms with Crippen LogP contribution in [0.1, 0.15) is 41.6 Å². The third kappa shape index (κ3) is 4.63. The second-order valence-corrected chi connectivity index (χ2v) is 7.92. The van der Waals surface area contributed by atoms with Crippen molar-refractivity contribution in [3.63, 3.8) is 0 Å². The molecule has 4 nitrogen and oxygen atoms in total. The van der Waals surface area contributed by atoms with Crippen molar-refractivity contribution >= 4 is 11.8 Å². The summed E-state index contributed by atoms with van der Waals surface area (Å²) < 4.78 is 26.3. The van der Waals surface area contributed by atoms with Crippen LogP contribution in [0.25, 0.3) is 0 Å². The predicted octanol–water partition coefficient (Wildman–Crippen LogP) is 4.01. The van der Waals surface area contributed by atoms with Gasteiger partial charge in [-0.3, -0.25) is 9.59 Å². The van der Waals surface area contributed by atoms with Crippen molar-refractivity contribution in [2.75, 3.05) is 13.1 Å². The molecule has 1 atom stereocenters. The van der Waals surface area contributed by atoms with Crippen LogP contribution in [0.15, 0.2) is 48.5 Å². The van der Waals surface area contributed by atoms with Crippen LogP contribution in [0.5, 0.6) is 0 Å². The van der Waals surface area contributed by atoms with Crippen LogP contribution in [0.3, 0.4) is 0 Å². The van der Waals surface area contributed by atoms with Gasteiger partial charge < -0.3 is 9.80 Å². The Morgan fingerprint density at radius 1 is 0.931 bits per heavy atom. The lowest BCUT2D eigenvalue weighted by Crippen LogP contribution is -2.47. The highest BCUT2D eigenvalue weighted by molar-refractivity contribution is 5.94. The summed E-state index contributed by atoms with van der Waals surface area (Å²) >= 11 is 0. The summed E-state index contributed by atoms with van der Waals surface area (Å²) in [6.07, 6.45) is 3.48. The minimum Gasteiger partial charge on any atom is -0.338 e. The topological polar surface area (TPSA) is 40.6 Å². The number of carbonyl (C=O) groups is 2. The van der Waals surface area contributed by atoms with E-state index in [1.807, 2.05) is 4.90 Å². The van der Waals surface area contributed by atoms with Gasteiger partial charge in [0.05, 0.1) is 5.92 Å². The Hall–Kier alpha value is -2.76. The number of carbonyl (C=O) groups excluding carboxylic acids is 2. The zero-order valence-electron chi connectivity index (χ0n) is 16.2. The van der Waals surface area contributed by atoms with Crippen molar-refractivity contribution in [1.29, 1.82) is 0 Å². The monoisotopic (exact) mass is 398 g/mol. The molecule has 152 valence electrons. The fourth-order valence-corrected chi connectivity index (χ4v) is 3.93. The first kappa shape index (κ1) is 19.6. The molecular formula is C23H24F2N2O2. The Labute approximate surface area is 169 Å². The minimum absolute atomic E-state index is 0.0634. The molecule has 1 aliphatic carbocycles. The first-order chi connectivity index (χ1) is 14.0. The van der Waals surface area contributed by atoms with Crippen molar-refractivity contribution in [1.82, 2.24) is 9.80 Å². The van der Waals surface area contributed by atoms with Crippen LogP contribution in [0.2, 0.25) is 0 Å². The highest BCUT2D eigenvalue weighted by Crippen LogP contribution is 2.31. The molecule has 1 saturated carbocycles. The van der Waals surface area contributed by atoms with E-state index in [9.17, 15) is 18.4 Å². The van der Waals surface area contributed by atoms with E-state index in [-0.39, 0.29) is 35.4 Å². The summed E-state index contributed by atoms with van der Waals surface area (Å²) in [6, 6.07) is 12.0. The number of likely N-dealkylation sites (tertiary alicyclic amines) is 1. The zero-order valence-corrected chi connectivity index (χ0v) is 16.2. The molecule has 6 heteroatoms. The van der Waals surface area contributed by atoms with E-state index in [4.69, 9.17) is 0 Å². The molecule has 0 spiro atoms. The van der Waals surface area contributed by atoms with Crippen LogP contribution in [-0.4, -0.2) is 40.7 Å². The molecule has 1 aliphatic heterocycles. The summed E-state index contributed by atoms with van der Waals surface area (Å²) in [4.78, 5) is 29.6. The van der Waals surface area contributed by atoms with Gasteiger partial charge in [-0.25, -0.2) is 8.78 Å². The first-order valence-corrected chi connectivity index (χ1v) is 10.1. The van der Waals surface area contributed by atoms with Crippen LogP contribution in [-0.2, 0) is 11.3 Å². The van der Waals surface area contributed by atoms with Gasteiger partial charge in [-0.15, -0.1) is 0 Å². The number of amides is 2. The first-order valence-electron chi connectivity index (χ1n) is 10.1. The maximum atomic E-state index is 13.3. The highest BCUT2D eigenvalue weighted by atomic mass is 19.1. The Kier molecular flexibility index (Phi) is 5.60. The number of piperidine rings is 1. The third-order valence-corrected chi connectivity index (χ3v) is 5.69. The maximum Gasteiger partial charge on any atom is 0.253 e. The molecule has 1 heterocycles. The lowest BCUT2D eigenvalue weighted by Gasteiger charge is -2.35. The smallest absolute Gasteiger partial charge is 0.253 e. The van der Waals surface area contributed by atoms with Crippen molar-refractivity contribution in [2.45, 2.75) is 38.3 Å². The second-order valence-electron chi connectivity index (χ2n) is 7.92. The molecule has 2 aromatic carbocycles. The maximum absolute atomic E-state index is 13.3. The number of halogens is 2. The van der Waals surface area contributed by atoms with Crippen molar-refractivity contribution in [2.24, 2.45) is 5.92 Å². The summed E-state index contributed by atoms with van der Waals surface area (Å²) in [5, 5.41) is 0. The summed E-state index contributed by atoms with van der Waals surface area (Å²) in [5.74, 6) is -1.02.